The second kappa shape index (κ2) is 5.46. The number of nitro benzene ring substituents is 1. The molecule has 1 heterocycles. The van der Waals surface area contributed by atoms with Crippen LogP contribution in [-0.2, 0) is 0 Å². The maximum atomic E-state index is 11.2. The Morgan fingerprint density at radius 1 is 1.40 bits per heavy atom. The number of rotatable bonds is 3. The van der Waals surface area contributed by atoms with Crippen molar-refractivity contribution in [3.8, 4) is 0 Å². The van der Waals surface area contributed by atoms with E-state index in [-0.39, 0.29) is 23.3 Å². The Labute approximate surface area is 116 Å². The predicted molar refractivity (Wildman–Crippen MR) is 75.9 cm³/mol. The first kappa shape index (κ1) is 14.3. The molecule has 0 radical (unpaired) electrons. The van der Waals surface area contributed by atoms with Gasteiger partial charge >= 0.3 is 0 Å². The fourth-order valence-electron chi connectivity index (χ4n) is 2.61. The summed E-state index contributed by atoms with van der Waals surface area (Å²) in [5.41, 5.74) is 5.77. The average molecular weight is 278 g/mol. The quantitative estimate of drug-likeness (QED) is 0.631. The van der Waals surface area contributed by atoms with Gasteiger partial charge in [0.1, 0.15) is 5.69 Å². The van der Waals surface area contributed by atoms with Crippen LogP contribution in [0.2, 0.25) is 0 Å². The number of nitrogens with zero attached hydrogens (tertiary/aromatic N) is 2. The van der Waals surface area contributed by atoms with Crippen molar-refractivity contribution in [3.63, 3.8) is 0 Å². The molecule has 2 unspecified atom stereocenters. The van der Waals surface area contributed by atoms with Crippen molar-refractivity contribution in [1.82, 2.24) is 5.32 Å². The first-order valence-electron chi connectivity index (χ1n) is 6.47. The van der Waals surface area contributed by atoms with Gasteiger partial charge in [0.15, 0.2) is 0 Å². The van der Waals surface area contributed by atoms with Gasteiger partial charge in [0.25, 0.3) is 5.69 Å². The third kappa shape index (κ3) is 2.88. The molecule has 1 aliphatic rings. The van der Waals surface area contributed by atoms with Crippen LogP contribution < -0.4 is 16.0 Å². The van der Waals surface area contributed by atoms with Gasteiger partial charge in [-0.2, -0.15) is 0 Å². The first-order valence-corrected chi connectivity index (χ1v) is 6.47. The zero-order chi connectivity index (χ0) is 14.9. The molecule has 20 heavy (non-hydrogen) atoms. The Kier molecular flexibility index (Phi) is 3.89. The standard InChI is InChI=1S/C13H18N4O3/c1-8-6-16(7-9(2)15-8)11-4-3-10(13(14)18)5-12(11)17(19)20/h3-5,8-9,15H,6-7H2,1-2H3,(H2,14,18). The third-order valence-electron chi connectivity index (χ3n) is 3.35. The van der Waals surface area contributed by atoms with Crippen LogP contribution in [0.25, 0.3) is 0 Å². The summed E-state index contributed by atoms with van der Waals surface area (Å²) < 4.78 is 0. The van der Waals surface area contributed by atoms with E-state index < -0.39 is 10.8 Å². The maximum Gasteiger partial charge on any atom is 0.293 e. The van der Waals surface area contributed by atoms with Gasteiger partial charge in [-0.05, 0) is 26.0 Å². The summed E-state index contributed by atoms with van der Waals surface area (Å²) in [5, 5.41) is 14.6. The maximum absolute atomic E-state index is 11.2. The molecule has 1 fully saturated rings. The van der Waals surface area contributed by atoms with Crippen LogP contribution in [0.4, 0.5) is 11.4 Å². The molecule has 7 heteroatoms. The molecule has 0 saturated carbocycles. The van der Waals surface area contributed by atoms with E-state index >= 15 is 0 Å². The van der Waals surface area contributed by atoms with Gasteiger partial charge in [0, 0.05) is 36.8 Å². The van der Waals surface area contributed by atoms with Crippen LogP contribution in [0.3, 0.4) is 0 Å². The van der Waals surface area contributed by atoms with Crippen molar-refractivity contribution < 1.29 is 9.72 Å². The van der Waals surface area contributed by atoms with Crippen LogP contribution >= 0.6 is 0 Å². The lowest BCUT2D eigenvalue weighted by molar-refractivity contribution is -0.384. The molecule has 108 valence electrons. The zero-order valence-electron chi connectivity index (χ0n) is 11.5. The highest BCUT2D eigenvalue weighted by Crippen LogP contribution is 2.30. The average Bonchev–Trinajstić information content (AvgIpc) is 2.36. The van der Waals surface area contributed by atoms with Crippen molar-refractivity contribution in [1.29, 1.82) is 0 Å². The molecule has 1 saturated heterocycles. The minimum Gasteiger partial charge on any atom is -0.366 e. The number of carbonyl (C=O) groups excluding carboxylic acids is 1. The number of amides is 1. The zero-order valence-corrected chi connectivity index (χ0v) is 11.5. The van der Waals surface area contributed by atoms with E-state index in [2.05, 4.69) is 5.32 Å². The van der Waals surface area contributed by atoms with Crippen molar-refractivity contribution in [2.45, 2.75) is 25.9 Å². The summed E-state index contributed by atoms with van der Waals surface area (Å²) in [5.74, 6) is -0.665. The monoisotopic (exact) mass is 278 g/mol. The van der Waals surface area contributed by atoms with Crippen LogP contribution in [0.1, 0.15) is 24.2 Å². The number of nitro groups is 1. The molecule has 7 nitrogen and oxygen atoms in total. The Morgan fingerprint density at radius 2 is 2.00 bits per heavy atom. The van der Waals surface area contributed by atoms with Crippen LogP contribution in [0, 0.1) is 10.1 Å². The normalized spacial score (nSPS) is 22.6. The number of nitrogens with two attached hydrogens (primary N) is 1. The van der Waals surface area contributed by atoms with Crippen LogP contribution in [-0.4, -0.2) is 36.0 Å². The Balaban J connectivity index is 2.40. The lowest BCUT2D eigenvalue weighted by Crippen LogP contribution is -2.54. The largest absolute Gasteiger partial charge is 0.366 e. The number of anilines is 1. The molecule has 0 bridgehead atoms. The second-order valence-electron chi connectivity index (χ2n) is 5.20. The van der Waals surface area contributed by atoms with Crippen molar-refractivity contribution >= 4 is 17.3 Å². The summed E-state index contributed by atoms with van der Waals surface area (Å²) in [6, 6.07) is 4.86. The molecule has 2 atom stereocenters. The molecular weight excluding hydrogens is 260 g/mol. The van der Waals surface area contributed by atoms with Gasteiger partial charge in [-0.25, -0.2) is 0 Å². The van der Waals surface area contributed by atoms with Crippen LogP contribution in [0.5, 0.6) is 0 Å². The molecular formula is C13H18N4O3. The lowest BCUT2D eigenvalue weighted by atomic mass is 10.1. The molecule has 2 rings (SSSR count). The van der Waals surface area contributed by atoms with E-state index in [9.17, 15) is 14.9 Å². The number of benzene rings is 1. The fourth-order valence-corrected chi connectivity index (χ4v) is 2.61. The summed E-state index contributed by atoms with van der Waals surface area (Å²) in [6.45, 7) is 5.43. The Hall–Kier alpha value is -2.15. The summed E-state index contributed by atoms with van der Waals surface area (Å²) in [4.78, 5) is 23.9. The third-order valence-corrected chi connectivity index (χ3v) is 3.35. The highest BCUT2D eigenvalue weighted by Gasteiger charge is 2.27. The number of nitrogens with one attached hydrogen (secondary N) is 1. The Bertz CT molecular complexity index is 536. The summed E-state index contributed by atoms with van der Waals surface area (Å²) in [6.07, 6.45) is 0. The minimum atomic E-state index is -0.665. The summed E-state index contributed by atoms with van der Waals surface area (Å²) in [7, 11) is 0. The second-order valence-corrected chi connectivity index (χ2v) is 5.20. The van der Waals surface area contributed by atoms with E-state index in [0.29, 0.717) is 18.8 Å². The molecule has 0 spiro atoms. The molecule has 1 aliphatic heterocycles. The van der Waals surface area contributed by atoms with Gasteiger partial charge in [0.05, 0.1) is 4.92 Å². The van der Waals surface area contributed by atoms with Gasteiger partial charge in [-0.3, -0.25) is 14.9 Å². The highest BCUT2D eigenvalue weighted by atomic mass is 16.6. The van der Waals surface area contributed by atoms with Gasteiger partial charge in [-0.15, -0.1) is 0 Å². The predicted octanol–water partition coefficient (Wildman–Crippen LogP) is 0.880. The topological polar surface area (TPSA) is 102 Å². The first-order chi connectivity index (χ1) is 9.38. The van der Waals surface area contributed by atoms with E-state index in [4.69, 9.17) is 5.73 Å². The van der Waals surface area contributed by atoms with E-state index in [1.54, 1.807) is 6.07 Å². The molecule has 0 aromatic heterocycles. The van der Waals surface area contributed by atoms with Crippen molar-refractivity contribution in [2.75, 3.05) is 18.0 Å². The van der Waals surface area contributed by atoms with Gasteiger partial charge in [-0.1, -0.05) is 0 Å². The lowest BCUT2D eigenvalue weighted by Gasteiger charge is -2.37. The van der Waals surface area contributed by atoms with E-state index in [1.807, 2.05) is 18.7 Å². The molecule has 3 N–H and O–H groups in total. The molecule has 1 amide bonds. The van der Waals surface area contributed by atoms with Gasteiger partial charge < -0.3 is 16.0 Å². The van der Waals surface area contributed by atoms with E-state index in [1.165, 1.54) is 12.1 Å². The molecule has 1 aromatic rings. The fraction of sp³-hybridized carbons (Fsp3) is 0.462. The molecule has 0 aliphatic carbocycles. The number of hydrogen-bond acceptors (Lipinski definition) is 5. The molecule has 1 aromatic carbocycles. The summed E-state index contributed by atoms with van der Waals surface area (Å²) >= 11 is 0. The van der Waals surface area contributed by atoms with Crippen LogP contribution in [0.15, 0.2) is 18.2 Å². The number of hydrogen-bond donors (Lipinski definition) is 2. The number of carbonyl (C=O) groups is 1. The number of piperazine rings is 1. The van der Waals surface area contributed by atoms with Crippen molar-refractivity contribution in [3.05, 3.63) is 33.9 Å². The highest BCUT2D eigenvalue weighted by molar-refractivity contribution is 5.94. The smallest absolute Gasteiger partial charge is 0.293 e. The van der Waals surface area contributed by atoms with Crippen molar-refractivity contribution in [2.24, 2.45) is 5.73 Å². The van der Waals surface area contributed by atoms with E-state index in [0.717, 1.165) is 0 Å². The number of primary amides is 1. The SMILES string of the molecule is CC1CN(c2ccc(C(N)=O)cc2[N+](=O)[O-])CC(C)N1. The Morgan fingerprint density at radius 3 is 2.50 bits per heavy atom. The van der Waals surface area contributed by atoms with Gasteiger partial charge in [0.2, 0.25) is 5.91 Å². The minimum absolute atomic E-state index is 0.0809.